The van der Waals surface area contributed by atoms with E-state index in [4.69, 9.17) is 5.73 Å². The number of rotatable bonds is 8. The summed E-state index contributed by atoms with van der Waals surface area (Å²) in [4.78, 5) is 11.9. The van der Waals surface area contributed by atoms with E-state index in [9.17, 15) is 15.0 Å². The van der Waals surface area contributed by atoms with E-state index in [1.54, 1.807) is 0 Å². The Kier molecular flexibility index (Phi) is 6.64. The van der Waals surface area contributed by atoms with E-state index in [2.05, 4.69) is 5.32 Å². The second kappa shape index (κ2) is 7.99. The van der Waals surface area contributed by atoms with Crippen molar-refractivity contribution in [3.05, 3.63) is 35.9 Å². The van der Waals surface area contributed by atoms with Crippen LogP contribution in [0.15, 0.2) is 30.3 Å². The van der Waals surface area contributed by atoms with Gasteiger partial charge in [-0.3, -0.25) is 4.79 Å². The van der Waals surface area contributed by atoms with E-state index >= 15 is 0 Å². The van der Waals surface area contributed by atoms with E-state index in [1.165, 1.54) is 0 Å². The molecule has 1 aromatic rings. The normalized spacial score (nSPS) is 13.0. The van der Waals surface area contributed by atoms with Crippen molar-refractivity contribution in [1.29, 1.82) is 0 Å². The first kappa shape index (κ1) is 16.6. The molecule has 20 heavy (non-hydrogen) atoms. The molecular weight excluding hydrogens is 256 g/mol. The first-order chi connectivity index (χ1) is 9.56. The lowest BCUT2D eigenvalue weighted by Crippen LogP contribution is -2.53. The summed E-state index contributed by atoms with van der Waals surface area (Å²) >= 11 is 0. The highest BCUT2D eigenvalue weighted by atomic mass is 16.3. The van der Waals surface area contributed by atoms with Crippen molar-refractivity contribution in [2.45, 2.75) is 37.8 Å². The number of benzene rings is 1. The Labute approximate surface area is 119 Å². The SMILES string of the molecule is CCC(CO)(CO)NC(=O)CCC(N)c1ccccc1. The first-order valence-corrected chi connectivity index (χ1v) is 6.90. The second-order valence-electron chi connectivity index (χ2n) is 5.05. The van der Waals surface area contributed by atoms with Crippen LogP contribution in [0, 0.1) is 0 Å². The molecule has 0 aliphatic carbocycles. The van der Waals surface area contributed by atoms with Gasteiger partial charge in [-0.25, -0.2) is 0 Å². The van der Waals surface area contributed by atoms with Gasteiger partial charge < -0.3 is 21.3 Å². The number of carbonyl (C=O) groups is 1. The molecule has 0 fully saturated rings. The summed E-state index contributed by atoms with van der Waals surface area (Å²) < 4.78 is 0. The topological polar surface area (TPSA) is 95.6 Å². The monoisotopic (exact) mass is 280 g/mol. The molecule has 5 nitrogen and oxygen atoms in total. The van der Waals surface area contributed by atoms with Gasteiger partial charge in [0.1, 0.15) is 0 Å². The predicted octanol–water partition coefficient (Wildman–Crippen LogP) is 0.716. The zero-order valence-corrected chi connectivity index (χ0v) is 11.9. The Morgan fingerprint density at radius 3 is 2.40 bits per heavy atom. The highest BCUT2D eigenvalue weighted by Crippen LogP contribution is 2.16. The zero-order chi connectivity index (χ0) is 15.0. The van der Waals surface area contributed by atoms with Gasteiger partial charge in [0.05, 0.1) is 18.8 Å². The third-order valence-corrected chi connectivity index (χ3v) is 3.60. The van der Waals surface area contributed by atoms with Gasteiger partial charge in [0.2, 0.25) is 5.91 Å². The van der Waals surface area contributed by atoms with Crippen LogP contribution in [0.1, 0.15) is 37.8 Å². The van der Waals surface area contributed by atoms with Crippen LogP contribution in [-0.4, -0.2) is 34.9 Å². The van der Waals surface area contributed by atoms with E-state index in [0.29, 0.717) is 12.8 Å². The van der Waals surface area contributed by atoms with Crippen LogP contribution in [0.3, 0.4) is 0 Å². The van der Waals surface area contributed by atoms with Crippen molar-refractivity contribution < 1.29 is 15.0 Å². The van der Waals surface area contributed by atoms with Crippen LogP contribution in [0.5, 0.6) is 0 Å². The number of hydrogen-bond donors (Lipinski definition) is 4. The maximum atomic E-state index is 11.9. The van der Waals surface area contributed by atoms with Crippen molar-refractivity contribution in [3.63, 3.8) is 0 Å². The quantitative estimate of drug-likeness (QED) is 0.564. The smallest absolute Gasteiger partial charge is 0.220 e. The lowest BCUT2D eigenvalue weighted by molar-refractivity contribution is -0.124. The molecule has 0 bridgehead atoms. The van der Waals surface area contributed by atoms with Crippen LogP contribution >= 0.6 is 0 Å². The molecule has 0 saturated heterocycles. The molecule has 0 aromatic heterocycles. The van der Waals surface area contributed by atoms with Crippen molar-refractivity contribution in [3.8, 4) is 0 Å². The molecule has 1 atom stereocenters. The highest BCUT2D eigenvalue weighted by Gasteiger charge is 2.28. The predicted molar refractivity (Wildman–Crippen MR) is 77.9 cm³/mol. The van der Waals surface area contributed by atoms with Gasteiger partial charge in [0.15, 0.2) is 0 Å². The van der Waals surface area contributed by atoms with Crippen molar-refractivity contribution >= 4 is 5.91 Å². The molecule has 1 rings (SSSR count). The fraction of sp³-hybridized carbons (Fsp3) is 0.533. The van der Waals surface area contributed by atoms with Gasteiger partial charge in [-0.05, 0) is 18.4 Å². The number of aliphatic hydroxyl groups excluding tert-OH is 2. The molecule has 0 spiro atoms. The van der Waals surface area contributed by atoms with Gasteiger partial charge in [0.25, 0.3) is 0 Å². The summed E-state index contributed by atoms with van der Waals surface area (Å²) in [6, 6.07) is 9.41. The number of aliphatic hydroxyl groups is 2. The number of nitrogens with two attached hydrogens (primary N) is 1. The van der Waals surface area contributed by atoms with Crippen LogP contribution in [0.4, 0.5) is 0 Å². The number of hydrogen-bond acceptors (Lipinski definition) is 4. The molecule has 0 aliphatic rings. The van der Waals surface area contributed by atoms with Crippen molar-refractivity contribution in [1.82, 2.24) is 5.32 Å². The van der Waals surface area contributed by atoms with Crippen LogP contribution in [-0.2, 0) is 4.79 Å². The van der Waals surface area contributed by atoms with Gasteiger partial charge in [-0.2, -0.15) is 0 Å². The molecule has 0 heterocycles. The average Bonchev–Trinajstić information content (AvgIpc) is 2.51. The second-order valence-corrected chi connectivity index (χ2v) is 5.05. The molecule has 112 valence electrons. The standard InChI is InChI=1S/C15H24N2O3/c1-2-15(10-18,11-19)17-14(20)9-8-13(16)12-6-4-3-5-7-12/h3-7,13,18-19H,2,8-11,16H2,1H3,(H,17,20). The molecule has 0 saturated carbocycles. The Morgan fingerprint density at radius 1 is 1.30 bits per heavy atom. The first-order valence-electron chi connectivity index (χ1n) is 6.90. The fourth-order valence-electron chi connectivity index (χ4n) is 1.95. The minimum absolute atomic E-state index is 0.193. The van der Waals surface area contributed by atoms with E-state index in [-0.39, 0.29) is 31.6 Å². The summed E-state index contributed by atoms with van der Waals surface area (Å²) in [5, 5.41) is 21.3. The number of nitrogens with one attached hydrogen (secondary N) is 1. The number of amides is 1. The van der Waals surface area contributed by atoms with Crippen molar-refractivity contribution in [2.75, 3.05) is 13.2 Å². The zero-order valence-electron chi connectivity index (χ0n) is 11.9. The van der Waals surface area contributed by atoms with E-state index < -0.39 is 5.54 Å². The lowest BCUT2D eigenvalue weighted by Gasteiger charge is -2.29. The van der Waals surface area contributed by atoms with Gasteiger partial charge in [0, 0.05) is 12.5 Å². The fourth-order valence-corrected chi connectivity index (χ4v) is 1.95. The largest absolute Gasteiger partial charge is 0.394 e. The summed E-state index contributed by atoms with van der Waals surface area (Å²) in [6.45, 7) is 1.25. The Bertz CT molecular complexity index is 397. The summed E-state index contributed by atoms with van der Waals surface area (Å²) in [7, 11) is 0. The molecule has 5 N–H and O–H groups in total. The van der Waals surface area contributed by atoms with Gasteiger partial charge in [-0.1, -0.05) is 37.3 Å². The Hall–Kier alpha value is -1.43. The van der Waals surface area contributed by atoms with Crippen LogP contribution in [0.2, 0.25) is 0 Å². The average molecular weight is 280 g/mol. The molecular formula is C15H24N2O3. The van der Waals surface area contributed by atoms with E-state index in [1.807, 2.05) is 37.3 Å². The minimum Gasteiger partial charge on any atom is -0.394 e. The third kappa shape index (κ3) is 4.59. The lowest BCUT2D eigenvalue weighted by atomic mass is 9.97. The third-order valence-electron chi connectivity index (χ3n) is 3.60. The minimum atomic E-state index is -0.937. The molecule has 5 heteroatoms. The molecule has 1 amide bonds. The van der Waals surface area contributed by atoms with Gasteiger partial charge in [-0.15, -0.1) is 0 Å². The number of carbonyl (C=O) groups excluding carboxylic acids is 1. The summed E-state index contributed by atoms with van der Waals surface area (Å²) in [5.41, 5.74) is 6.08. The van der Waals surface area contributed by atoms with E-state index in [0.717, 1.165) is 5.56 Å². The summed E-state index contributed by atoms with van der Waals surface area (Å²) in [5.74, 6) is -0.207. The van der Waals surface area contributed by atoms with Gasteiger partial charge >= 0.3 is 0 Å². The Balaban J connectivity index is 2.47. The van der Waals surface area contributed by atoms with Crippen molar-refractivity contribution in [2.24, 2.45) is 5.73 Å². The molecule has 0 radical (unpaired) electrons. The maximum absolute atomic E-state index is 11.9. The molecule has 1 unspecified atom stereocenters. The molecule has 0 aliphatic heterocycles. The van der Waals surface area contributed by atoms with Crippen LogP contribution < -0.4 is 11.1 Å². The maximum Gasteiger partial charge on any atom is 0.220 e. The molecule has 1 aromatic carbocycles. The van der Waals surface area contributed by atoms with Crippen LogP contribution in [0.25, 0.3) is 0 Å². The Morgan fingerprint density at radius 2 is 1.90 bits per heavy atom. The highest BCUT2D eigenvalue weighted by molar-refractivity contribution is 5.76. The summed E-state index contributed by atoms with van der Waals surface area (Å²) in [6.07, 6.45) is 1.25.